The minimum absolute atomic E-state index is 0. The lowest BCUT2D eigenvalue weighted by atomic mass is 10.2. The van der Waals surface area contributed by atoms with Crippen LogP contribution in [0.4, 0.5) is 11.4 Å². The van der Waals surface area contributed by atoms with Gasteiger partial charge >= 0.3 is 5.97 Å². The molecule has 0 spiro atoms. The monoisotopic (exact) mass is 254 g/mol. The summed E-state index contributed by atoms with van der Waals surface area (Å²) in [5.41, 5.74) is 11.6. The molecule has 5 N–H and O–H groups in total. The van der Waals surface area contributed by atoms with Gasteiger partial charge in [-0.15, -0.1) is 24.8 Å². The van der Waals surface area contributed by atoms with E-state index in [-0.39, 0.29) is 30.5 Å². The topological polar surface area (TPSA) is 98.6 Å². The zero-order chi connectivity index (χ0) is 9.84. The number of ether oxygens (including phenoxy) is 1. The molecule has 7 heteroatoms. The average Bonchev–Trinajstić information content (AvgIpc) is 2.07. The van der Waals surface area contributed by atoms with E-state index in [2.05, 4.69) is 0 Å². The molecule has 5 nitrogen and oxygen atoms in total. The second-order valence-corrected chi connectivity index (χ2v) is 2.44. The molecule has 0 fully saturated rings. The molecule has 0 aromatic heterocycles. The summed E-state index contributed by atoms with van der Waals surface area (Å²) >= 11 is 0. The highest BCUT2D eigenvalue weighted by Crippen LogP contribution is 2.26. The lowest BCUT2D eigenvalue weighted by Crippen LogP contribution is -2.10. The molecule has 0 saturated carbocycles. The van der Waals surface area contributed by atoms with Gasteiger partial charge in [0.1, 0.15) is 5.75 Å². The van der Waals surface area contributed by atoms with Crippen molar-refractivity contribution in [3.8, 4) is 5.75 Å². The largest absolute Gasteiger partial charge is 0.480 e. The molecule has 0 atom stereocenters. The van der Waals surface area contributed by atoms with E-state index in [9.17, 15) is 4.79 Å². The predicted octanol–water partition coefficient (Wildman–Crippen LogP) is 1.16. The fraction of sp³-hybridized carbons (Fsp3) is 0.125. The molecule has 0 aliphatic carbocycles. The quantitative estimate of drug-likeness (QED) is 0.704. The van der Waals surface area contributed by atoms with Crippen LogP contribution in [0.25, 0.3) is 0 Å². The van der Waals surface area contributed by atoms with E-state index in [1.807, 2.05) is 0 Å². The van der Waals surface area contributed by atoms with Gasteiger partial charge in [-0.1, -0.05) is 6.07 Å². The van der Waals surface area contributed by atoms with E-state index < -0.39 is 12.6 Å². The van der Waals surface area contributed by atoms with Gasteiger partial charge in [0.05, 0.1) is 11.4 Å². The van der Waals surface area contributed by atoms with E-state index in [1.165, 1.54) is 0 Å². The van der Waals surface area contributed by atoms with Crippen molar-refractivity contribution in [3.05, 3.63) is 18.2 Å². The molecule has 0 aliphatic heterocycles. The molecule has 0 amide bonds. The van der Waals surface area contributed by atoms with Gasteiger partial charge in [0.2, 0.25) is 0 Å². The summed E-state index contributed by atoms with van der Waals surface area (Å²) in [6.45, 7) is -0.423. The Balaban J connectivity index is 0. The maximum Gasteiger partial charge on any atom is 0.341 e. The average molecular weight is 255 g/mol. The molecule has 0 heterocycles. The molecule has 86 valence electrons. The van der Waals surface area contributed by atoms with Crippen LogP contribution >= 0.6 is 24.8 Å². The lowest BCUT2D eigenvalue weighted by molar-refractivity contribution is -0.139. The first-order valence-electron chi connectivity index (χ1n) is 3.60. The Labute approximate surface area is 99.2 Å². The summed E-state index contributed by atoms with van der Waals surface area (Å²) in [6.07, 6.45) is 0. The van der Waals surface area contributed by atoms with Gasteiger partial charge in [-0.3, -0.25) is 0 Å². The Bertz CT molecular complexity index is 334. The molecular formula is C8H12Cl2N2O3. The van der Waals surface area contributed by atoms with Gasteiger partial charge in [0.15, 0.2) is 6.61 Å². The van der Waals surface area contributed by atoms with Crippen LogP contribution in [0.3, 0.4) is 0 Å². The van der Waals surface area contributed by atoms with Crippen LogP contribution in [0, 0.1) is 0 Å². The molecule has 0 radical (unpaired) electrons. The lowest BCUT2D eigenvalue weighted by Gasteiger charge is -2.07. The number of carboxylic acid groups (broad SMARTS) is 1. The van der Waals surface area contributed by atoms with Gasteiger partial charge in [-0.05, 0) is 12.1 Å². The van der Waals surface area contributed by atoms with Crippen molar-refractivity contribution in [3.63, 3.8) is 0 Å². The van der Waals surface area contributed by atoms with Crippen molar-refractivity contribution in [2.75, 3.05) is 18.1 Å². The molecule has 1 rings (SSSR count). The van der Waals surface area contributed by atoms with Crippen LogP contribution in [-0.2, 0) is 4.79 Å². The predicted molar refractivity (Wildman–Crippen MR) is 62.9 cm³/mol. The number of benzene rings is 1. The minimum atomic E-state index is -1.05. The van der Waals surface area contributed by atoms with Crippen molar-refractivity contribution in [2.45, 2.75) is 0 Å². The Morgan fingerprint density at radius 3 is 2.47 bits per heavy atom. The van der Waals surface area contributed by atoms with E-state index in [0.717, 1.165) is 0 Å². The SMILES string of the molecule is Cl.Cl.Nc1cccc(OCC(=O)O)c1N. The summed E-state index contributed by atoms with van der Waals surface area (Å²) in [5, 5.41) is 8.34. The first-order valence-corrected chi connectivity index (χ1v) is 3.60. The third-order valence-electron chi connectivity index (χ3n) is 1.45. The smallest absolute Gasteiger partial charge is 0.341 e. The fourth-order valence-electron chi connectivity index (χ4n) is 0.826. The van der Waals surface area contributed by atoms with Gasteiger partial charge in [-0.2, -0.15) is 0 Å². The molecule has 0 saturated heterocycles. The zero-order valence-electron chi connectivity index (χ0n) is 7.67. The van der Waals surface area contributed by atoms with Crippen LogP contribution in [0.5, 0.6) is 5.75 Å². The maximum atomic E-state index is 10.2. The minimum Gasteiger partial charge on any atom is -0.480 e. The van der Waals surface area contributed by atoms with E-state index in [1.54, 1.807) is 18.2 Å². The van der Waals surface area contributed by atoms with Gasteiger partial charge in [-0.25, -0.2) is 4.79 Å². The number of halogens is 2. The van der Waals surface area contributed by atoms with Gasteiger partial charge < -0.3 is 21.3 Å². The number of para-hydroxylation sites is 1. The van der Waals surface area contributed by atoms with Crippen LogP contribution < -0.4 is 16.2 Å². The first-order chi connectivity index (χ1) is 6.11. The number of carboxylic acids is 1. The van der Waals surface area contributed by atoms with Crippen molar-refractivity contribution in [1.82, 2.24) is 0 Å². The highest BCUT2D eigenvalue weighted by atomic mass is 35.5. The van der Waals surface area contributed by atoms with Crippen LogP contribution in [0.1, 0.15) is 0 Å². The third kappa shape index (κ3) is 4.62. The van der Waals surface area contributed by atoms with E-state index >= 15 is 0 Å². The molecule has 0 unspecified atom stereocenters. The van der Waals surface area contributed by atoms with Crippen molar-refractivity contribution >= 4 is 42.2 Å². The number of nitrogens with two attached hydrogens (primary N) is 2. The van der Waals surface area contributed by atoms with Crippen molar-refractivity contribution in [2.24, 2.45) is 0 Å². The highest BCUT2D eigenvalue weighted by Gasteiger charge is 2.04. The Morgan fingerprint density at radius 2 is 1.93 bits per heavy atom. The second kappa shape index (κ2) is 7.03. The summed E-state index contributed by atoms with van der Waals surface area (Å²) in [7, 11) is 0. The van der Waals surface area contributed by atoms with Crippen molar-refractivity contribution in [1.29, 1.82) is 0 Å². The van der Waals surface area contributed by atoms with E-state index in [4.69, 9.17) is 21.3 Å². The summed E-state index contributed by atoms with van der Waals surface area (Å²) in [5.74, 6) is -0.760. The van der Waals surface area contributed by atoms with Crippen LogP contribution in [-0.4, -0.2) is 17.7 Å². The third-order valence-corrected chi connectivity index (χ3v) is 1.45. The molecular weight excluding hydrogens is 243 g/mol. The van der Waals surface area contributed by atoms with E-state index in [0.29, 0.717) is 11.4 Å². The summed E-state index contributed by atoms with van der Waals surface area (Å²) in [6, 6.07) is 4.82. The normalized spacial score (nSPS) is 8.27. The molecule has 0 bridgehead atoms. The van der Waals surface area contributed by atoms with Gasteiger partial charge in [0.25, 0.3) is 0 Å². The van der Waals surface area contributed by atoms with Crippen molar-refractivity contribution < 1.29 is 14.6 Å². The highest BCUT2D eigenvalue weighted by molar-refractivity contribution is 5.85. The van der Waals surface area contributed by atoms with Crippen LogP contribution in [0.15, 0.2) is 18.2 Å². The number of rotatable bonds is 3. The first kappa shape index (κ1) is 16.1. The summed E-state index contributed by atoms with van der Waals surface area (Å²) < 4.78 is 4.87. The summed E-state index contributed by atoms with van der Waals surface area (Å²) in [4.78, 5) is 10.2. The zero-order valence-corrected chi connectivity index (χ0v) is 9.31. The number of hydrogen-bond acceptors (Lipinski definition) is 4. The number of carbonyl (C=O) groups is 1. The maximum absolute atomic E-state index is 10.2. The number of aliphatic carboxylic acids is 1. The Kier molecular flexibility index (Phi) is 7.55. The number of hydrogen-bond donors (Lipinski definition) is 3. The second-order valence-electron chi connectivity index (χ2n) is 2.44. The Morgan fingerprint density at radius 1 is 1.33 bits per heavy atom. The Hall–Kier alpha value is -1.33. The van der Waals surface area contributed by atoms with Crippen LogP contribution in [0.2, 0.25) is 0 Å². The van der Waals surface area contributed by atoms with Gasteiger partial charge in [0, 0.05) is 0 Å². The molecule has 1 aromatic carbocycles. The molecule has 1 aromatic rings. The fourth-order valence-corrected chi connectivity index (χ4v) is 0.826. The standard InChI is InChI=1S/C8H10N2O3.2ClH/c9-5-2-1-3-6(8(5)10)13-4-7(11)12;;/h1-3H,4,9-10H2,(H,11,12);2*1H. The molecule has 15 heavy (non-hydrogen) atoms. The molecule has 0 aliphatic rings. The number of nitrogen functional groups attached to an aromatic ring is 2. The number of anilines is 2.